The number of carbonyl (C=O) groups is 1. The Bertz CT molecular complexity index is 562. The highest BCUT2D eigenvalue weighted by molar-refractivity contribution is 5.96. The summed E-state index contributed by atoms with van der Waals surface area (Å²) in [5, 5.41) is 0. The van der Waals surface area contributed by atoms with Crippen molar-refractivity contribution in [2.45, 2.75) is 13.0 Å². The highest BCUT2D eigenvalue weighted by Gasteiger charge is 2.20. The minimum absolute atomic E-state index is 0.493. The summed E-state index contributed by atoms with van der Waals surface area (Å²) in [6.07, 6.45) is 4.19. The van der Waals surface area contributed by atoms with Crippen molar-refractivity contribution in [2.75, 3.05) is 4.90 Å². The third kappa shape index (κ3) is 3.18. The van der Waals surface area contributed by atoms with Crippen LogP contribution in [-0.2, 0) is 4.74 Å². The highest BCUT2D eigenvalue weighted by Crippen LogP contribution is 2.26. The van der Waals surface area contributed by atoms with E-state index < -0.39 is 12.2 Å². The van der Waals surface area contributed by atoms with Crippen LogP contribution in [-0.4, -0.2) is 12.2 Å². The van der Waals surface area contributed by atoms with Crippen LogP contribution in [0.1, 0.15) is 6.92 Å². The summed E-state index contributed by atoms with van der Waals surface area (Å²) < 4.78 is 5.22. The lowest BCUT2D eigenvalue weighted by atomic mass is 10.2. The lowest BCUT2D eigenvalue weighted by molar-refractivity contribution is 0.140. The topological polar surface area (TPSA) is 29.5 Å². The summed E-state index contributed by atoms with van der Waals surface area (Å²) >= 11 is 0. The Morgan fingerprint density at radius 2 is 1.50 bits per heavy atom. The third-order valence-corrected chi connectivity index (χ3v) is 2.72. The van der Waals surface area contributed by atoms with Crippen LogP contribution in [0.2, 0.25) is 0 Å². The minimum Gasteiger partial charge on any atom is -0.433 e. The van der Waals surface area contributed by atoms with E-state index in [0.29, 0.717) is 0 Å². The molecule has 0 N–H and O–H groups in total. The number of anilines is 2. The molecule has 1 unspecified atom stereocenters. The van der Waals surface area contributed by atoms with Crippen LogP contribution < -0.4 is 4.90 Å². The van der Waals surface area contributed by atoms with Crippen LogP contribution in [0.3, 0.4) is 0 Å². The molecule has 1 amide bonds. The van der Waals surface area contributed by atoms with Crippen molar-refractivity contribution in [2.24, 2.45) is 0 Å². The first-order valence-corrected chi connectivity index (χ1v) is 6.29. The maximum Gasteiger partial charge on any atom is 0.420 e. The molecule has 0 aliphatic carbocycles. The fourth-order valence-electron chi connectivity index (χ4n) is 1.75. The average molecular weight is 265 g/mol. The number of para-hydroxylation sites is 2. The quantitative estimate of drug-likeness (QED) is 0.785. The van der Waals surface area contributed by atoms with Gasteiger partial charge in [0.1, 0.15) is 0 Å². The van der Waals surface area contributed by atoms with Crippen molar-refractivity contribution in [3.8, 4) is 12.3 Å². The van der Waals surface area contributed by atoms with Gasteiger partial charge < -0.3 is 4.74 Å². The fraction of sp³-hybridized carbons (Fsp3) is 0.118. The maximum atomic E-state index is 12.3. The summed E-state index contributed by atoms with van der Waals surface area (Å²) in [7, 11) is 0. The Morgan fingerprint density at radius 3 is 1.90 bits per heavy atom. The zero-order chi connectivity index (χ0) is 14.4. The van der Waals surface area contributed by atoms with Gasteiger partial charge in [-0.25, -0.2) is 9.69 Å². The molecule has 3 heteroatoms. The molecule has 0 aliphatic heterocycles. The van der Waals surface area contributed by atoms with Crippen LogP contribution in [0, 0.1) is 12.3 Å². The molecule has 0 radical (unpaired) electrons. The summed E-state index contributed by atoms with van der Waals surface area (Å²) in [5.41, 5.74) is 1.46. The number of hydrogen-bond acceptors (Lipinski definition) is 2. The highest BCUT2D eigenvalue weighted by atomic mass is 16.6. The van der Waals surface area contributed by atoms with Gasteiger partial charge in [-0.3, -0.25) is 0 Å². The SMILES string of the molecule is C#CC(C)OC(=O)N(c1ccccc1)c1ccccc1. The van der Waals surface area contributed by atoms with Gasteiger partial charge in [-0.15, -0.1) is 6.42 Å². The summed E-state index contributed by atoms with van der Waals surface area (Å²) in [6, 6.07) is 18.6. The first kappa shape index (κ1) is 13.7. The smallest absolute Gasteiger partial charge is 0.420 e. The number of ether oxygens (including phenoxy) is 1. The van der Waals surface area contributed by atoms with Gasteiger partial charge in [0.15, 0.2) is 6.10 Å². The predicted octanol–water partition coefficient (Wildman–Crippen LogP) is 3.98. The molecule has 2 aromatic rings. The summed E-state index contributed by atoms with van der Waals surface area (Å²) in [4.78, 5) is 13.8. The van der Waals surface area contributed by atoms with Crippen molar-refractivity contribution < 1.29 is 9.53 Å². The molecule has 0 aromatic heterocycles. The molecule has 0 heterocycles. The molecule has 2 aromatic carbocycles. The zero-order valence-electron chi connectivity index (χ0n) is 11.2. The largest absolute Gasteiger partial charge is 0.433 e. The molecule has 1 atom stereocenters. The van der Waals surface area contributed by atoms with Crippen LogP contribution in [0.15, 0.2) is 60.7 Å². The second kappa shape index (κ2) is 6.44. The number of terminal acetylenes is 1. The Labute approximate surface area is 118 Å². The standard InChI is InChI=1S/C17H15NO2/c1-3-14(2)20-17(19)18(15-10-6-4-7-11-15)16-12-8-5-9-13-16/h1,4-14H,2H3. The normalized spacial score (nSPS) is 11.2. The summed E-state index contributed by atoms with van der Waals surface area (Å²) in [6.45, 7) is 1.66. The predicted molar refractivity (Wildman–Crippen MR) is 79.8 cm³/mol. The lowest BCUT2D eigenvalue weighted by Crippen LogP contribution is -2.29. The van der Waals surface area contributed by atoms with Gasteiger partial charge in [0.25, 0.3) is 0 Å². The third-order valence-electron chi connectivity index (χ3n) is 2.72. The van der Waals surface area contributed by atoms with Crippen molar-refractivity contribution in [1.29, 1.82) is 0 Å². The molecule has 20 heavy (non-hydrogen) atoms. The molecular formula is C17H15NO2. The molecule has 0 saturated heterocycles. The van der Waals surface area contributed by atoms with Crippen LogP contribution in [0.25, 0.3) is 0 Å². The molecular weight excluding hydrogens is 250 g/mol. The lowest BCUT2D eigenvalue weighted by Gasteiger charge is -2.23. The van der Waals surface area contributed by atoms with Gasteiger partial charge in [-0.05, 0) is 31.2 Å². The number of nitrogens with zero attached hydrogens (tertiary/aromatic N) is 1. The molecule has 0 spiro atoms. The number of benzene rings is 2. The van der Waals surface area contributed by atoms with E-state index in [4.69, 9.17) is 11.2 Å². The first-order chi connectivity index (χ1) is 9.72. The minimum atomic E-state index is -0.572. The van der Waals surface area contributed by atoms with E-state index >= 15 is 0 Å². The van der Waals surface area contributed by atoms with Crippen LogP contribution >= 0.6 is 0 Å². The maximum absolute atomic E-state index is 12.3. The number of amides is 1. The van der Waals surface area contributed by atoms with Crippen molar-refractivity contribution >= 4 is 17.5 Å². The molecule has 0 aliphatic rings. The Morgan fingerprint density at radius 1 is 1.05 bits per heavy atom. The molecule has 0 fully saturated rings. The molecule has 3 nitrogen and oxygen atoms in total. The van der Waals surface area contributed by atoms with Crippen LogP contribution in [0.4, 0.5) is 16.2 Å². The average Bonchev–Trinajstić information content (AvgIpc) is 2.49. The van der Waals surface area contributed by atoms with Gasteiger partial charge in [-0.2, -0.15) is 0 Å². The van der Waals surface area contributed by atoms with E-state index in [1.807, 2.05) is 60.7 Å². The Hall–Kier alpha value is -2.73. The first-order valence-electron chi connectivity index (χ1n) is 6.29. The van der Waals surface area contributed by atoms with E-state index in [1.54, 1.807) is 6.92 Å². The van der Waals surface area contributed by atoms with Gasteiger partial charge in [-0.1, -0.05) is 42.3 Å². The molecule has 2 rings (SSSR count). The number of rotatable bonds is 3. The van der Waals surface area contributed by atoms with Crippen molar-refractivity contribution in [1.82, 2.24) is 0 Å². The van der Waals surface area contributed by atoms with E-state index in [2.05, 4.69) is 5.92 Å². The van der Waals surface area contributed by atoms with Gasteiger partial charge in [0, 0.05) is 0 Å². The van der Waals surface area contributed by atoms with Gasteiger partial charge in [0.2, 0.25) is 0 Å². The Balaban J connectivity index is 2.36. The second-order valence-corrected chi connectivity index (χ2v) is 4.20. The Kier molecular flexibility index (Phi) is 4.41. The van der Waals surface area contributed by atoms with Gasteiger partial charge >= 0.3 is 6.09 Å². The molecule has 100 valence electrons. The molecule has 0 bridgehead atoms. The number of hydrogen-bond donors (Lipinski definition) is 0. The van der Waals surface area contributed by atoms with Gasteiger partial charge in [0.05, 0.1) is 11.4 Å². The van der Waals surface area contributed by atoms with E-state index in [1.165, 1.54) is 4.90 Å². The zero-order valence-corrected chi connectivity index (χ0v) is 11.2. The second-order valence-electron chi connectivity index (χ2n) is 4.20. The summed E-state index contributed by atoms with van der Waals surface area (Å²) in [5.74, 6) is 2.38. The fourth-order valence-corrected chi connectivity index (χ4v) is 1.75. The van der Waals surface area contributed by atoms with E-state index in [9.17, 15) is 4.79 Å². The van der Waals surface area contributed by atoms with E-state index in [-0.39, 0.29) is 0 Å². The van der Waals surface area contributed by atoms with Crippen molar-refractivity contribution in [3.63, 3.8) is 0 Å². The van der Waals surface area contributed by atoms with Crippen LogP contribution in [0.5, 0.6) is 0 Å². The van der Waals surface area contributed by atoms with Crippen molar-refractivity contribution in [3.05, 3.63) is 60.7 Å². The van der Waals surface area contributed by atoms with E-state index in [0.717, 1.165) is 11.4 Å². The number of carbonyl (C=O) groups excluding carboxylic acids is 1. The molecule has 0 saturated carbocycles. The monoisotopic (exact) mass is 265 g/mol.